The van der Waals surface area contributed by atoms with Crippen LogP contribution in [0.15, 0.2) is 11.5 Å². The van der Waals surface area contributed by atoms with Gasteiger partial charge in [0.2, 0.25) is 0 Å². The van der Waals surface area contributed by atoms with E-state index in [-0.39, 0.29) is 0 Å². The highest BCUT2D eigenvalue weighted by molar-refractivity contribution is 5.79. The Kier molecular flexibility index (Phi) is 1.49. The molecule has 12 heavy (non-hydrogen) atoms. The van der Waals surface area contributed by atoms with Gasteiger partial charge in [-0.1, -0.05) is 0 Å². The Balaban J connectivity index is 2.25. The highest BCUT2D eigenvalue weighted by Gasteiger charge is 2.29. The zero-order valence-corrected chi connectivity index (χ0v) is 6.16. The predicted molar refractivity (Wildman–Crippen MR) is 34.9 cm³/mol. The van der Waals surface area contributed by atoms with Crippen LogP contribution >= 0.6 is 0 Å². The third-order valence-corrected chi connectivity index (χ3v) is 1.70. The fraction of sp³-hybridized carbons (Fsp3) is 0.429. The Morgan fingerprint density at radius 1 is 0.833 bits per heavy atom. The molecule has 1 aliphatic heterocycles. The molecule has 5 nitrogen and oxygen atoms in total. The SMILES string of the molecule is O=C1OC(=O)OC2=C(CCC2)O1. The summed E-state index contributed by atoms with van der Waals surface area (Å²) in [6.45, 7) is 0. The van der Waals surface area contributed by atoms with Gasteiger partial charge in [0.05, 0.1) is 0 Å². The molecule has 0 atom stereocenters. The van der Waals surface area contributed by atoms with E-state index in [2.05, 4.69) is 14.2 Å². The first-order valence-electron chi connectivity index (χ1n) is 3.59. The molecule has 0 N–H and O–H groups in total. The smallest absolute Gasteiger partial charge is 0.396 e. The van der Waals surface area contributed by atoms with Crippen molar-refractivity contribution in [1.29, 1.82) is 0 Å². The largest absolute Gasteiger partial charge is 0.523 e. The normalized spacial score (nSPS) is 22.3. The second-order valence-corrected chi connectivity index (χ2v) is 2.51. The Morgan fingerprint density at radius 3 is 1.83 bits per heavy atom. The van der Waals surface area contributed by atoms with Crippen LogP contribution in [0.25, 0.3) is 0 Å². The average Bonchev–Trinajstić information content (AvgIpc) is 2.31. The molecule has 0 fully saturated rings. The van der Waals surface area contributed by atoms with Crippen molar-refractivity contribution in [2.24, 2.45) is 0 Å². The minimum Gasteiger partial charge on any atom is -0.396 e. The van der Waals surface area contributed by atoms with Crippen LogP contribution in [0.2, 0.25) is 0 Å². The summed E-state index contributed by atoms with van der Waals surface area (Å²) < 4.78 is 13.4. The third kappa shape index (κ3) is 1.13. The lowest BCUT2D eigenvalue weighted by Crippen LogP contribution is -2.09. The van der Waals surface area contributed by atoms with Crippen LogP contribution in [0.3, 0.4) is 0 Å². The monoisotopic (exact) mass is 170 g/mol. The molecule has 0 aromatic carbocycles. The molecule has 5 heteroatoms. The summed E-state index contributed by atoms with van der Waals surface area (Å²) in [6, 6.07) is 0. The maximum Gasteiger partial charge on any atom is 0.523 e. The molecule has 0 bridgehead atoms. The Bertz CT molecular complexity index is 252. The van der Waals surface area contributed by atoms with Crippen molar-refractivity contribution < 1.29 is 23.8 Å². The van der Waals surface area contributed by atoms with E-state index in [1.165, 1.54) is 0 Å². The van der Waals surface area contributed by atoms with Gasteiger partial charge < -0.3 is 14.2 Å². The molecule has 1 aliphatic carbocycles. The van der Waals surface area contributed by atoms with Gasteiger partial charge in [0.15, 0.2) is 0 Å². The Labute approximate surface area is 67.9 Å². The highest BCUT2D eigenvalue weighted by Crippen LogP contribution is 2.30. The quantitative estimate of drug-likeness (QED) is 0.409. The summed E-state index contributed by atoms with van der Waals surface area (Å²) in [5, 5.41) is 0. The van der Waals surface area contributed by atoms with Gasteiger partial charge in [0.1, 0.15) is 11.5 Å². The number of hydrogen-bond acceptors (Lipinski definition) is 5. The molecule has 0 unspecified atom stereocenters. The van der Waals surface area contributed by atoms with Gasteiger partial charge in [-0.3, -0.25) is 0 Å². The molecule has 0 saturated carbocycles. The first kappa shape index (κ1) is 7.15. The van der Waals surface area contributed by atoms with Gasteiger partial charge in [0.25, 0.3) is 0 Å². The van der Waals surface area contributed by atoms with E-state index in [4.69, 9.17) is 0 Å². The summed E-state index contributed by atoms with van der Waals surface area (Å²) in [5.41, 5.74) is 0. The fourth-order valence-electron chi connectivity index (χ4n) is 1.22. The van der Waals surface area contributed by atoms with Crippen LogP contribution in [-0.4, -0.2) is 12.3 Å². The van der Waals surface area contributed by atoms with Gasteiger partial charge >= 0.3 is 12.3 Å². The van der Waals surface area contributed by atoms with Crippen LogP contribution in [0, 0.1) is 0 Å². The summed E-state index contributed by atoms with van der Waals surface area (Å²) in [4.78, 5) is 21.3. The lowest BCUT2D eigenvalue weighted by molar-refractivity contribution is 0.0757. The minimum absolute atomic E-state index is 0.422. The fourth-order valence-corrected chi connectivity index (χ4v) is 1.22. The predicted octanol–water partition coefficient (Wildman–Crippen LogP) is 1.69. The maximum absolute atomic E-state index is 10.7. The second kappa shape index (κ2) is 2.51. The summed E-state index contributed by atoms with van der Waals surface area (Å²) >= 11 is 0. The number of cyclic esters (lactones) is 2. The van der Waals surface area contributed by atoms with Crippen LogP contribution < -0.4 is 0 Å². The molecule has 2 rings (SSSR count). The van der Waals surface area contributed by atoms with Crippen LogP contribution in [0.4, 0.5) is 9.59 Å². The molecule has 64 valence electrons. The first-order valence-corrected chi connectivity index (χ1v) is 3.59. The molecule has 0 amide bonds. The number of hydrogen-bond donors (Lipinski definition) is 0. The number of rotatable bonds is 0. The van der Waals surface area contributed by atoms with E-state index >= 15 is 0 Å². The molecule has 0 aromatic rings. The second-order valence-electron chi connectivity index (χ2n) is 2.51. The van der Waals surface area contributed by atoms with Crippen LogP contribution in [0.5, 0.6) is 0 Å². The van der Waals surface area contributed by atoms with E-state index in [9.17, 15) is 9.59 Å². The minimum atomic E-state index is -1.01. The van der Waals surface area contributed by atoms with E-state index in [0.717, 1.165) is 6.42 Å². The van der Waals surface area contributed by atoms with E-state index < -0.39 is 12.3 Å². The number of ether oxygens (including phenoxy) is 3. The van der Waals surface area contributed by atoms with Crippen molar-refractivity contribution in [3.63, 3.8) is 0 Å². The van der Waals surface area contributed by atoms with Gasteiger partial charge in [-0.2, -0.15) is 0 Å². The number of allylic oxidation sites excluding steroid dienone is 2. The van der Waals surface area contributed by atoms with Crippen molar-refractivity contribution in [3.05, 3.63) is 11.5 Å². The van der Waals surface area contributed by atoms with Gasteiger partial charge in [-0.05, 0) is 6.42 Å². The van der Waals surface area contributed by atoms with E-state index in [1.807, 2.05) is 0 Å². The van der Waals surface area contributed by atoms with Crippen LogP contribution in [0.1, 0.15) is 19.3 Å². The Morgan fingerprint density at radius 2 is 1.33 bits per heavy atom. The molecule has 1 heterocycles. The van der Waals surface area contributed by atoms with E-state index in [0.29, 0.717) is 24.4 Å². The lowest BCUT2D eigenvalue weighted by Gasteiger charge is -1.97. The summed E-state index contributed by atoms with van der Waals surface area (Å²) in [7, 11) is 0. The topological polar surface area (TPSA) is 61.8 Å². The molecule has 0 aromatic heterocycles. The van der Waals surface area contributed by atoms with Gasteiger partial charge in [-0.15, -0.1) is 0 Å². The number of carbonyl (C=O) groups is 2. The van der Waals surface area contributed by atoms with Gasteiger partial charge in [-0.25, -0.2) is 9.59 Å². The maximum atomic E-state index is 10.7. The Hall–Kier alpha value is -1.52. The lowest BCUT2D eigenvalue weighted by atomic mass is 10.3. The molecule has 2 aliphatic rings. The zero-order valence-electron chi connectivity index (χ0n) is 6.16. The summed E-state index contributed by atoms with van der Waals surface area (Å²) in [5.74, 6) is 0.844. The third-order valence-electron chi connectivity index (χ3n) is 1.70. The average molecular weight is 170 g/mol. The van der Waals surface area contributed by atoms with Crippen molar-refractivity contribution in [1.82, 2.24) is 0 Å². The summed E-state index contributed by atoms with van der Waals surface area (Å²) in [6.07, 6.45) is 0.0690. The van der Waals surface area contributed by atoms with Crippen molar-refractivity contribution in [2.45, 2.75) is 19.3 Å². The van der Waals surface area contributed by atoms with Crippen molar-refractivity contribution in [2.75, 3.05) is 0 Å². The van der Waals surface area contributed by atoms with Gasteiger partial charge in [0, 0.05) is 12.8 Å². The molecule has 0 saturated heterocycles. The molecule has 0 spiro atoms. The van der Waals surface area contributed by atoms with Crippen molar-refractivity contribution in [3.8, 4) is 0 Å². The molecular weight excluding hydrogens is 164 g/mol. The zero-order chi connectivity index (χ0) is 8.55. The molecule has 0 radical (unpaired) electrons. The van der Waals surface area contributed by atoms with E-state index in [1.54, 1.807) is 0 Å². The molecular formula is C7H6O5. The number of carbonyl (C=O) groups excluding carboxylic acids is 2. The van der Waals surface area contributed by atoms with Crippen molar-refractivity contribution >= 4 is 12.3 Å². The standard InChI is InChI=1S/C7H6O5/c8-6-10-4-2-1-3-5(4)11-7(9)12-6/h1-3H2. The highest BCUT2D eigenvalue weighted by atomic mass is 16.8. The first-order chi connectivity index (χ1) is 5.75. The van der Waals surface area contributed by atoms with Crippen LogP contribution in [-0.2, 0) is 14.2 Å².